The van der Waals surface area contributed by atoms with E-state index in [2.05, 4.69) is 10.7 Å². The summed E-state index contributed by atoms with van der Waals surface area (Å²) < 4.78 is 23.6. The largest absolute Gasteiger partial charge is 0.337 e. The lowest BCUT2D eigenvalue weighted by Gasteiger charge is -2.09. The van der Waals surface area contributed by atoms with Gasteiger partial charge in [0.05, 0.1) is 4.90 Å². The lowest BCUT2D eigenvalue weighted by atomic mass is 10.2. The van der Waals surface area contributed by atoms with Crippen molar-refractivity contribution in [2.45, 2.75) is 31.6 Å². The number of amides is 2. The van der Waals surface area contributed by atoms with Crippen LogP contribution >= 0.6 is 0 Å². The number of carbonyl (C=O) groups is 1. The molecule has 0 heterocycles. The van der Waals surface area contributed by atoms with Crippen LogP contribution in [0.4, 0.5) is 4.79 Å². The number of urea groups is 1. The summed E-state index contributed by atoms with van der Waals surface area (Å²) >= 11 is 0. The van der Waals surface area contributed by atoms with Gasteiger partial charge in [-0.3, -0.25) is 5.43 Å². The summed E-state index contributed by atoms with van der Waals surface area (Å²) in [7, 11) is -3.72. The third-order valence-electron chi connectivity index (χ3n) is 2.45. The zero-order valence-electron chi connectivity index (χ0n) is 11.1. The van der Waals surface area contributed by atoms with Crippen molar-refractivity contribution >= 4 is 16.1 Å². The fraction of sp³-hybridized carbons (Fsp3) is 0.417. The Kier molecular flexibility index (Phi) is 5.78. The Hall–Kier alpha value is -1.60. The van der Waals surface area contributed by atoms with E-state index in [1.807, 2.05) is 18.7 Å². The standard InChI is InChI=1S/C12H19N3O3S/c1-3-4-9-13-12(16)14-15-19(17,18)11-7-5-10(2)6-8-11/h5-8,15H,3-4,9H2,1-2H3,(H2,13,14,16). The average Bonchev–Trinajstić information content (AvgIpc) is 2.37. The molecule has 0 atom stereocenters. The zero-order chi connectivity index (χ0) is 14.3. The van der Waals surface area contributed by atoms with E-state index < -0.39 is 16.1 Å². The molecule has 1 aromatic carbocycles. The van der Waals surface area contributed by atoms with Crippen molar-refractivity contribution in [1.29, 1.82) is 0 Å². The maximum Gasteiger partial charge on any atom is 0.329 e. The first kappa shape index (κ1) is 15.5. The fourth-order valence-electron chi connectivity index (χ4n) is 1.31. The van der Waals surface area contributed by atoms with Gasteiger partial charge in [-0.25, -0.2) is 13.2 Å². The van der Waals surface area contributed by atoms with E-state index >= 15 is 0 Å². The Morgan fingerprint density at radius 2 is 1.84 bits per heavy atom. The van der Waals surface area contributed by atoms with E-state index in [-0.39, 0.29) is 4.90 Å². The second-order valence-corrected chi connectivity index (χ2v) is 5.84. The fourth-order valence-corrected chi connectivity index (χ4v) is 2.15. The van der Waals surface area contributed by atoms with Crippen LogP contribution in [-0.4, -0.2) is 21.0 Å². The molecule has 0 radical (unpaired) electrons. The number of rotatable bonds is 6. The molecular weight excluding hydrogens is 266 g/mol. The van der Waals surface area contributed by atoms with Crippen LogP contribution in [-0.2, 0) is 10.0 Å². The van der Waals surface area contributed by atoms with Crippen molar-refractivity contribution in [3.63, 3.8) is 0 Å². The average molecular weight is 285 g/mol. The van der Waals surface area contributed by atoms with E-state index in [0.717, 1.165) is 18.4 Å². The highest BCUT2D eigenvalue weighted by molar-refractivity contribution is 7.89. The zero-order valence-corrected chi connectivity index (χ0v) is 11.9. The van der Waals surface area contributed by atoms with Gasteiger partial charge in [-0.15, -0.1) is 4.83 Å². The Balaban J connectivity index is 2.51. The second kappa shape index (κ2) is 7.10. The molecule has 0 bridgehead atoms. The van der Waals surface area contributed by atoms with Crippen molar-refractivity contribution in [1.82, 2.24) is 15.6 Å². The minimum absolute atomic E-state index is 0.104. The van der Waals surface area contributed by atoms with Gasteiger partial charge in [-0.2, -0.15) is 0 Å². The Morgan fingerprint density at radius 1 is 1.21 bits per heavy atom. The summed E-state index contributed by atoms with van der Waals surface area (Å²) in [5.74, 6) is 0. The molecule has 0 saturated carbocycles. The number of sulfonamides is 1. The maximum atomic E-state index is 11.8. The Morgan fingerprint density at radius 3 is 2.42 bits per heavy atom. The van der Waals surface area contributed by atoms with Crippen molar-refractivity contribution in [2.75, 3.05) is 6.54 Å². The molecule has 0 saturated heterocycles. The van der Waals surface area contributed by atoms with Crippen LogP contribution in [0.25, 0.3) is 0 Å². The molecule has 0 aliphatic carbocycles. The second-order valence-electron chi connectivity index (χ2n) is 4.15. The highest BCUT2D eigenvalue weighted by Gasteiger charge is 2.14. The number of aryl methyl sites for hydroxylation is 1. The van der Waals surface area contributed by atoms with Gasteiger partial charge in [0.15, 0.2) is 0 Å². The van der Waals surface area contributed by atoms with Crippen LogP contribution in [0.15, 0.2) is 29.2 Å². The van der Waals surface area contributed by atoms with Gasteiger partial charge in [0, 0.05) is 6.54 Å². The van der Waals surface area contributed by atoms with Gasteiger partial charge in [0.25, 0.3) is 10.0 Å². The van der Waals surface area contributed by atoms with Gasteiger partial charge in [-0.05, 0) is 25.5 Å². The van der Waals surface area contributed by atoms with Crippen molar-refractivity contribution < 1.29 is 13.2 Å². The summed E-state index contributed by atoms with van der Waals surface area (Å²) in [6, 6.07) is 5.78. The minimum atomic E-state index is -3.72. The molecule has 1 rings (SSSR count). The van der Waals surface area contributed by atoms with Crippen molar-refractivity contribution in [2.24, 2.45) is 0 Å². The van der Waals surface area contributed by atoms with E-state index in [1.54, 1.807) is 12.1 Å². The lowest BCUT2D eigenvalue weighted by Crippen LogP contribution is -2.47. The molecule has 3 N–H and O–H groups in total. The number of unbranched alkanes of at least 4 members (excludes halogenated alkanes) is 1. The van der Waals surface area contributed by atoms with Crippen LogP contribution in [0, 0.1) is 6.92 Å². The third kappa shape index (κ3) is 5.27. The molecule has 0 aliphatic rings. The molecule has 0 aromatic heterocycles. The number of nitrogens with one attached hydrogen (secondary N) is 3. The van der Waals surface area contributed by atoms with Crippen molar-refractivity contribution in [3.8, 4) is 0 Å². The number of hydrogen-bond donors (Lipinski definition) is 3. The molecule has 0 fully saturated rings. The third-order valence-corrected chi connectivity index (χ3v) is 3.71. The molecule has 0 aliphatic heterocycles. The first-order chi connectivity index (χ1) is 8.95. The molecular formula is C12H19N3O3S. The van der Waals surface area contributed by atoms with Gasteiger partial charge >= 0.3 is 6.03 Å². The van der Waals surface area contributed by atoms with Gasteiger partial charge in [-0.1, -0.05) is 31.0 Å². The Labute approximate surface area is 113 Å². The highest BCUT2D eigenvalue weighted by atomic mass is 32.2. The summed E-state index contributed by atoms with van der Waals surface area (Å²) in [5, 5.41) is 2.54. The monoisotopic (exact) mass is 285 g/mol. The molecule has 19 heavy (non-hydrogen) atoms. The number of hydrogen-bond acceptors (Lipinski definition) is 3. The SMILES string of the molecule is CCCCNC(=O)NNS(=O)(=O)c1ccc(C)cc1. The summed E-state index contributed by atoms with van der Waals surface area (Å²) in [6.07, 6.45) is 1.80. The van der Waals surface area contributed by atoms with Crippen LogP contribution in [0.3, 0.4) is 0 Å². The van der Waals surface area contributed by atoms with E-state index in [9.17, 15) is 13.2 Å². The summed E-state index contributed by atoms with van der Waals surface area (Å²) in [4.78, 5) is 13.4. The topological polar surface area (TPSA) is 87.3 Å². The minimum Gasteiger partial charge on any atom is -0.337 e. The maximum absolute atomic E-state index is 11.8. The van der Waals surface area contributed by atoms with E-state index in [4.69, 9.17) is 0 Å². The first-order valence-corrected chi connectivity index (χ1v) is 7.56. The molecule has 7 heteroatoms. The van der Waals surface area contributed by atoms with Crippen LogP contribution in [0.5, 0.6) is 0 Å². The molecule has 0 spiro atoms. The molecule has 106 valence electrons. The number of hydrazine groups is 1. The molecule has 0 unspecified atom stereocenters. The van der Waals surface area contributed by atoms with Crippen LogP contribution < -0.4 is 15.6 Å². The molecule has 6 nitrogen and oxygen atoms in total. The van der Waals surface area contributed by atoms with Crippen LogP contribution in [0.1, 0.15) is 25.3 Å². The first-order valence-electron chi connectivity index (χ1n) is 6.08. The van der Waals surface area contributed by atoms with Gasteiger partial charge in [0.2, 0.25) is 0 Å². The summed E-state index contributed by atoms with van der Waals surface area (Å²) in [6.45, 7) is 4.37. The molecule has 1 aromatic rings. The van der Waals surface area contributed by atoms with E-state index in [1.165, 1.54) is 12.1 Å². The van der Waals surface area contributed by atoms with Crippen molar-refractivity contribution in [3.05, 3.63) is 29.8 Å². The number of benzene rings is 1. The van der Waals surface area contributed by atoms with Gasteiger partial charge < -0.3 is 5.32 Å². The lowest BCUT2D eigenvalue weighted by molar-refractivity contribution is 0.239. The predicted octanol–water partition coefficient (Wildman–Crippen LogP) is 1.29. The normalized spacial score (nSPS) is 11.1. The Bertz CT molecular complexity index is 512. The highest BCUT2D eigenvalue weighted by Crippen LogP contribution is 2.08. The summed E-state index contributed by atoms with van der Waals surface area (Å²) in [5.41, 5.74) is 3.07. The quantitative estimate of drug-likeness (QED) is 0.543. The van der Waals surface area contributed by atoms with Gasteiger partial charge in [0.1, 0.15) is 0 Å². The van der Waals surface area contributed by atoms with Crippen LogP contribution in [0.2, 0.25) is 0 Å². The number of carbonyl (C=O) groups excluding carboxylic acids is 1. The molecule has 2 amide bonds. The van der Waals surface area contributed by atoms with E-state index in [0.29, 0.717) is 6.54 Å². The predicted molar refractivity (Wildman–Crippen MR) is 72.9 cm³/mol. The smallest absolute Gasteiger partial charge is 0.329 e.